The van der Waals surface area contributed by atoms with Crippen molar-refractivity contribution in [2.24, 2.45) is 5.92 Å². The average molecular weight is 353 g/mol. The average Bonchev–Trinajstić information content (AvgIpc) is 3.26. The number of benzene rings is 1. The van der Waals surface area contributed by atoms with Gasteiger partial charge in [0.25, 0.3) is 5.69 Å². The predicted octanol–water partition coefficient (Wildman–Crippen LogP) is 2.54. The Morgan fingerprint density at radius 2 is 1.79 bits per heavy atom. The third-order valence-electron chi connectivity index (χ3n) is 4.08. The number of carbonyl (C=O) groups is 2. The fourth-order valence-corrected chi connectivity index (χ4v) is 4.16. The maximum atomic E-state index is 12.5. The third-order valence-corrected chi connectivity index (χ3v) is 5.43. The maximum absolute atomic E-state index is 12.5. The number of hydrogen-bond acceptors (Lipinski definition) is 7. The molecule has 0 radical (unpaired) electrons. The highest BCUT2D eigenvalue weighted by Crippen LogP contribution is 2.66. The second-order valence-electron chi connectivity index (χ2n) is 5.27. The molecule has 0 saturated heterocycles. The van der Waals surface area contributed by atoms with Crippen molar-refractivity contribution in [2.45, 2.75) is 24.5 Å². The monoisotopic (exact) mass is 353 g/mol. The highest BCUT2D eigenvalue weighted by molar-refractivity contribution is 8.01. The smallest absolute Gasteiger partial charge is 0.323 e. The first kappa shape index (κ1) is 18.3. The SMILES string of the molecule is CCOC(=O)[C@@H]1[C@@H](c2ccc([N+](=O)[O-])cc2)[C@@]1(SC)C(=O)OCC. The van der Waals surface area contributed by atoms with E-state index < -0.39 is 33.4 Å². The normalized spacial score (nSPS) is 25.0. The first-order chi connectivity index (χ1) is 11.4. The van der Waals surface area contributed by atoms with Gasteiger partial charge in [0.2, 0.25) is 0 Å². The highest BCUT2D eigenvalue weighted by atomic mass is 32.2. The molecule has 130 valence electrons. The number of thioether (sulfide) groups is 1. The Labute approximate surface area is 143 Å². The molecule has 0 spiro atoms. The van der Waals surface area contributed by atoms with E-state index in [1.54, 1.807) is 32.2 Å². The van der Waals surface area contributed by atoms with Gasteiger partial charge >= 0.3 is 11.9 Å². The number of non-ortho nitro benzene ring substituents is 1. The lowest BCUT2D eigenvalue weighted by Gasteiger charge is -2.13. The lowest BCUT2D eigenvalue weighted by molar-refractivity contribution is -0.384. The number of esters is 2. The number of nitro groups is 1. The molecule has 0 aromatic heterocycles. The van der Waals surface area contributed by atoms with Crippen LogP contribution >= 0.6 is 11.8 Å². The van der Waals surface area contributed by atoms with Gasteiger partial charge in [-0.3, -0.25) is 19.7 Å². The Morgan fingerprint density at radius 3 is 2.25 bits per heavy atom. The molecule has 1 saturated carbocycles. The van der Waals surface area contributed by atoms with Gasteiger partial charge in [-0.15, -0.1) is 11.8 Å². The van der Waals surface area contributed by atoms with Crippen LogP contribution in [-0.2, 0) is 19.1 Å². The van der Waals surface area contributed by atoms with Crippen LogP contribution in [0.25, 0.3) is 0 Å². The summed E-state index contributed by atoms with van der Waals surface area (Å²) in [6.45, 7) is 3.83. The molecule has 0 amide bonds. The zero-order chi connectivity index (χ0) is 17.9. The summed E-state index contributed by atoms with van der Waals surface area (Å²) in [6, 6.07) is 5.89. The molecule has 1 aliphatic carbocycles. The molecule has 0 heterocycles. The van der Waals surface area contributed by atoms with Crippen LogP contribution in [0.4, 0.5) is 5.69 Å². The van der Waals surface area contributed by atoms with E-state index in [-0.39, 0.29) is 18.9 Å². The van der Waals surface area contributed by atoms with Gasteiger partial charge in [-0.25, -0.2) is 0 Å². The van der Waals surface area contributed by atoms with E-state index in [9.17, 15) is 19.7 Å². The number of rotatable bonds is 7. The van der Waals surface area contributed by atoms with Crippen LogP contribution in [-0.4, -0.2) is 41.1 Å². The predicted molar refractivity (Wildman–Crippen MR) is 88.8 cm³/mol. The molecule has 24 heavy (non-hydrogen) atoms. The molecule has 7 nitrogen and oxygen atoms in total. The molecule has 1 aromatic carbocycles. The minimum Gasteiger partial charge on any atom is -0.466 e. The third kappa shape index (κ3) is 2.98. The van der Waals surface area contributed by atoms with Crippen LogP contribution in [0.15, 0.2) is 24.3 Å². The van der Waals surface area contributed by atoms with Crippen molar-refractivity contribution >= 4 is 29.4 Å². The number of nitrogens with zero attached hydrogens (tertiary/aromatic N) is 1. The van der Waals surface area contributed by atoms with Crippen molar-refractivity contribution in [3.63, 3.8) is 0 Å². The van der Waals surface area contributed by atoms with Gasteiger partial charge in [0, 0.05) is 18.1 Å². The molecule has 0 bridgehead atoms. The zero-order valence-electron chi connectivity index (χ0n) is 13.7. The second kappa shape index (κ2) is 7.21. The Hall–Kier alpha value is -2.09. The van der Waals surface area contributed by atoms with Gasteiger partial charge in [-0.2, -0.15) is 0 Å². The quantitative estimate of drug-likeness (QED) is 0.422. The van der Waals surface area contributed by atoms with E-state index in [0.717, 1.165) is 0 Å². The number of ether oxygens (including phenoxy) is 2. The lowest BCUT2D eigenvalue weighted by atomic mass is 10.1. The zero-order valence-corrected chi connectivity index (χ0v) is 14.5. The fourth-order valence-electron chi connectivity index (χ4n) is 2.99. The maximum Gasteiger partial charge on any atom is 0.323 e. The van der Waals surface area contributed by atoms with E-state index >= 15 is 0 Å². The summed E-state index contributed by atoms with van der Waals surface area (Å²) in [5.41, 5.74) is 0.638. The van der Waals surface area contributed by atoms with Crippen LogP contribution in [0.3, 0.4) is 0 Å². The molecule has 3 atom stereocenters. The standard InChI is InChI=1S/C16H19NO6S/c1-4-22-14(18)13-12(16(13,24-3)15(19)23-5-2)10-6-8-11(9-7-10)17(20)21/h6-9,12-13H,4-5H2,1-3H3/t12-,13+,16+/m1/s1. The van der Waals surface area contributed by atoms with Crippen LogP contribution in [0.2, 0.25) is 0 Å². The van der Waals surface area contributed by atoms with Gasteiger partial charge < -0.3 is 9.47 Å². The van der Waals surface area contributed by atoms with Crippen LogP contribution in [0.1, 0.15) is 25.3 Å². The van der Waals surface area contributed by atoms with Crippen molar-refractivity contribution in [3.8, 4) is 0 Å². The summed E-state index contributed by atoms with van der Waals surface area (Å²) in [5, 5.41) is 10.8. The molecule has 0 unspecified atom stereocenters. The minimum atomic E-state index is -1.04. The van der Waals surface area contributed by atoms with Gasteiger partial charge in [-0.1, -0.05) is 12.1 Å². The van der Waals surface area contributed by atoms with Crippen molar-refractivity contribution in [2.75, 3.05) is 19.5 Å². The van der Waals surface area contributed by atoms with E-state index in [0.29, 0.717) is 5.56 Å². The number of carbonyl (C=O) groups excluding carboxylic acids is 2. The molecule has 2 rings (SSSR count). The summed E-state index contributed by atoms with van der Waals surface area (Å²) in [4.78, 5) is 35.1. The first-order valence-electron chi connectivity index (χ1n) is 7.57. The summed E-state index contributed by atoms with van der Waals surface area (Å²) < 4.78 is 9.21. The number of hydrogen-bond donors (Lipinski definition) is 0. The Bertz CT molecular complexity index is 646. The number of nitro benzene ring substituents is 1. The van der Waals surface area contributed by atoms with Gasteiger partial charge in [0.1, 0.15) is 4.75 Å². The molecular weight excluding hydrogens is 334 g/mol. The van der Waals surface area contributed by atoms with Gasteiger partial charge in [0.15, 0.2) is 0 Å². The van der Waals surface area contributed by atoms with E-state index in [1.165, 1.54) is 23.9 Å². The van der Waals surface area contributed by atoms with Gasteiger partial charge in [0.05, 0.1) is 24.1 Å². The Balaban J connectivity index is 2.38. The van der Waals surface area contributed by atoms with E-state index in [2.05, 4.69) is 0 Å². The van der Waals surface area contributed by atoms with Crippen molar-refractivity contribution in [3.05, 3.63) is 39.9 Å². The van der Waals surface area contributed by atoms with Crippen LogP contribution in [0.5, 0.6) is 0 Å². The molecule has 8 heteroatoms. The van der Waals surface area contributed by atoms with Crippen LogP contribution in [0, 0.1) is 16.0 Å². The summed E-state index contributed by atoms with van der Waals surface area (Å²) in [5.74, 6) is -2.00. The molecule has 0 aliphatic heterocycles. The second-order valence-corrected chi connectivity index (χ2v) is 6.36. The fraction of sp³-hybridized carbons (Fsp3) is 0.500. The van der Waals surface area contributed by atoms with E-state index in [4.69, 9.17) is 9.47 Å². The van der Waals surface area contributed by atoms with E-state index in [1.807, 2.05) is 0 Å². The molecule has 1 fully saturated rings. The van der Waals surface area contributed by atoms with Crippen molar-refractivity contribution in [1.82, 2.24) is 0 Å². The first-order valence-corrected chi connectivity index (χ1v) is 8.79. The van der Waals surface area contributed by atoms with Crippen molar-refractivity contribution < 1.29 is 24.0 Å². The summed E-state index contributed by atoms with van der Waals surface area (Å²) in [6.07, 6.45) is 1.74. The van der Waals surface area contributed by atoms with Gasteiger partial charge in [-0.05, 0) is 25.7 Å². The van der Waals surface area contributed by atoms with Crippen molar-refractivity contribution in [1.29, 1.82) is 0 Å². The largest absolute Gasteiger partial charge is 0.466 e. The Kier molecular flexibility index (Phi) is 5.48. The summed E-state index contributed by atoms with van der Waals surface area (Å²) >= 11 is 1.25. The summed E-state index contributed by atoms with van der Waals surface area (Å²) in [7, 11) is 0. The lowest BCUT2D eigenvalue weighted by Crippen LogP contribution is -2.28. The molecular formula is C16H19NO6S. The molecule has 0 N–H and O–H groups in total. The topological polar surface area (TPSA) is 95.7 Å². The molecule has 1 aliphatic rings. The highest BCUT2D eigenvalue weighted by Gasteiger charge is 2.75. The van der Waals surface area contributed by atoms with Crippen LogP contribution < -0.4 is 0 Å². The molecule has 1 aromatic rings. The Morgan fingerprint density at radius 1 is 1.21 bits per heavy atom. The minimum absolute atomic E-state index is 0.0435.